The number of piperazine rings is 1. The minimum Gasteiger partial charge on any atom is -0.480 e. The molecule has 0 aliphatic carbocycles. The standard InChI is InChI=1S/C14H17FN2O3/c1-16-5-7-17(8-6-16)13(19)10-20-14-11(9-18)3-2-4-12(14)15/h2-4,9H,5-8,10H2,1H3. The van der Waals surface area contributed by atoms with Gasteiger partial charge in [0.15, 0.2) is 24.5 Å². The second-order valence-electron chi connectivity index (χ2n) is 4.75. The lowest BCUT2D eigenvalue weighted by molar-refractivity contribution is -0.134. The number of ether oxygens (including phenoxy) is 1. The molecule has 0 unspecified atom stereocenters. The van der Waals surface area contributed by atoms with Gasteiger partial charge in [-0.25, -0.2) is 4.39 Å². The lowest BCUT2D eigenvalue weighted by Gasteiger charge is -2.32. The molecule has 0 radical (unpaired) electrons. The highest BCUT2D eigenvalue weighted by molar-refractivity contribution is 5.81. The van der Waals surface area contributed by atoms with E-state index in [9.17, 15) is 14.0 Å². The van der Waals surface area contributed by atoms with Gasteiger partial charge in [-0.1, -0.05) is 6.07 Å². The van der Waals surface area contributed by atoms with Gasteiger partial charge in [-0.15, -0.1) is 0 Å². The summed E-state index contributed by atoms with van der Waals surface area (Å²) in [5.74, 6) is -0.996. The maximum Gasteiger partial charge on any atom is 0.260 e. The molecule has 0 saturated carbocycles. The van der Waals surface area contributed by atoms with Crippen LogP contribution in [0.1, 0.15) is 10.4 Å². The minimum atomic E-state index is -0.638. The number of halogens is 1. The first kappa shape index (κ1) is 14.5. The average molecular weight is 280 g/mol. The number of carbonyl (C=O) groups is 2. The SMILES string of the molecule is CN1CCN(C(=O)COc2c(F)cccc2C=O)CC1. The van der Waals surface area contributed by atoms with Crippen molar-refractivity contribution in [1.29, 1.82) is 0 Å². The molecule has 1 fully saturated rings. The Morgan fingerprint density at radius 2 is 2.05 bits per heavy atom. The summed E-state index contributed by atoms with van der Waals surface area (Å²) < 4.78 is 18.8. The third-order valence-electron chi connectivity index (χ3n) is 3.32. The first-order valence-electron chi connectivity index (χ1n) is 6.44. The maximum absolute atomic E-state index is 13.6. The summed E-state index contributed by atoms with van der Waals surface area (Å²) in [5.41, 5.74) is 0.108. The molecule has 0 bridgehead atoms. The molecule has 2 rings (SSSR count). The first-order valence-corrected chi connectivity index (χ1v) is 6.44. The van der Waals surface area contributed by atoms with Gasteiger partial charge in [-0.3, -0.25) is 9.59 Å². The van der Waals surface area contributed by atoms with Crippen molar-refractivity contribution in [2.45, 2.75) is 0 Å². The molecule has 1 aromatic rings. The van der Waals surface area contributed by atoms with Gasteiger partial charge in [0.05, 0.1) is 5.56 Å². The van der Waals surface area contributed by atoms with Crippen LogP contribution >= 0.6 is 0 Å². The largest absolute Gasteiger partial charge is 0.480 e. The number of amides is 1. The van der Waals surface area contributed by atoms with Gasteiger partial charge in [-0.05, 0) is 19.2 Å². The molecule has 1 amide bonds. The Morgan fingerprint density at radius 1 is 1.35 bits per heavy atom. The van der Waals surface area contributed by atoms with Gasteiger partial charge < -0.3 is 14.5 Å². The van der Waals surface area contributed by atoms with Crippen LogP contribution in [-0.2, 0) is 4.79 Å². The molecule has 0 aromatic heterocycles. The van der Waals surface area contributed by atoms with Crippen LogP contribution in [0.3, 0.4) is 0 Å². The minimum absolute atomic E-state index is 0.108. The number of nitrogens with zero attached hydrogens (tertiary/aromatic N) is 2. The molecule has 1 aromatic carbocycles. The van der Waals surface area contributed by atoms with Crippen LogP contribution < -0.4 is 4.74 Å². The van der Waals surface area contributed by atoms with E-state index in [-0.39, 0.29) is 23.8 Å². The van der Waals surface area contributed by atoms with Crippen molar-refractivity contribution in [2.75, 3.05) is 39.8 Å². The Morgan fingerprint density at radius 3 is 2.70 bits per heavy atom. The molecule has 20 heavy (non-hydrogen) atoms. The monoisotopic (exact) mass is 280 g/mol. The van der Waals surface area contributed by atoms with Gasteiger partial charge in [-0.2, -0.15) is 0 Å². The number of hydrogen-bond acceptors (Lipinski definition) is 4. The highest BCUT2D eigenvalue weighted by Gasteiger charge is 2.20. The number of benzene rings is 1. The van der Waals surface area contributed by atoms with Crippen LogP contribution in [0.25, 0.3) is 0 Å². The van der Waals surface area contributed by atoms with Crippen molar-refractivity contribution in [1.82, 2.24) is 9.80 Å². The van der Waals surface area contributed by atoms with Crippen molar-refractivity contribution in [3.63, 3.8) is 0 Å². The van der Waals surface area contributed by atoms with E-state index < -0.39 is 5.82 Å². The highest BCUT2D eigenvalue weighted by atomic mass is 19.1. The summed E-state index contributed by atoms with van der Waals surface area (Å²) in [7, 11) is 1.99. The van der Waals surface area contributed by atoms with Gasteiger partial charge in [0, 0.05) is 26.2 Å². The summed E-state index contributed by atoms with van der Waals surface area (Å²) in [6.45, 7) is 2.63. The number of para-hydroxylation sites is 1. The van der Waals surface area contributed by atoms with Crippen molar-refractivity contribution in [3.05, 3.63) is 29.6 Å². The summed E-state index contributed by atoms with van der Waals surface area (Å²) in [6, 6.07) is 4.07. The third-order valence-corrected chi connectivity index (χ3v) is 3.32. The van der Waals surface area contributed by atoms with Gasteiger partial charge >= 0.3 is 0 Å². The Kier molecular flexibility index (Phi) is 4.68. The average Bonchev–Trinajstić information content (AvgIpc) is 2.46. The molecule has 0 atom stereocenters. The highest BCUT2D eigenvalue weighted by Crippen LogP contribution is 2.21. The van der Waals surface area contributed by atoms with Crippen LogP contribution in [-0.4, -0.2) is 61.8 Å². The van der Waals surface area contributed by atoms with Crippen LogP contribution in [0.5, 0.6) is 5.75 Å². The van der Waals surface area contributed by atoms with Crippen molar-refractivity contribution in [3.8, 4) is 5.75 Å². The van der Waals surface area contributed by atoms with Crippen molar-refractivity contribution < 1.29 is 18.7 Å². The van der Waals surface area contributed by atoms with E-state index in [2.05, 4.69) is 4.90 Å². The molecule has 1 heterocycles. The number of likely N-dealkylation sites (N-methyl/N-ethyl adjacent to an activating group) is 1. The van der Waals surface area contributed by atoms with Crippen molar-refractivity contribution in [2.24, 2.45) is 0 Å². The van der Waals surface area contributed by atoms with Gasteiger partial charge in [0.2, 0.25) is 0 Å². The zero-order chi connectivity index (χ0) is 14.5. The van der Waals surface area contributed by atoms with Gasteiger partial charge in [0.1, 0.15) is 0 Å². The molecule has 108 valence electrons. The molecule has 5 nitrogen and oxygen atoms in total. The van der Waals surface area contributed by atoms with E-state index in [0.29, 0.717) is 19.4 Å². The van der Waals surface area contributed by atoms with Crippen LogP contribution in [0.2, 0.25) is 0 Å². The smallest absolute Gasteiger partial charge is 0.260 e. The van der Waals surface area contributed by atoms with E-state index in [1.54, 1.807) is 4.90 Å². The molecular weight excluding hydrogens is 263 g/mol. The molecule has 1 aliphatic rings. The molecule has 1 aliphatic heterocycles. The van der Waals surface area contributed by atoms with E-state index in [1.807, 2.05) is 7.05 Å². The summed E-state index contributed by atoms with van der Waals surface area (Å²) in [5, 5.41) is 0. The topological polar surface area (TPSA) is 49.9 Å². The van der Waals surface area contributed by atoms with E-state index >= 15 is 0 Å². The second kappa shape index (κ2) is 6.47. The number of aldehydes is 1. The van der Waals surface area contributed by atoms with E-state index in [1.165, 1.54) is 18.2 Å². The Hall–Kier alpha value is -1.95. The molecule has 1 saturated heterocycles. The molecular formula is C14H17FN2O3. The molecule has 6 heteroatoms. The zero-order valence-corrected chi connectivity index (χ0v) is 11.3. The first-order chi connectivity index (χ1) is 9.61. The second-order valence-corrected chi connectivity index (χ2v) is 4.75. The van der Waals surface area contributed by atoms with E-state index in [0.717, 1.165) is 13.1 Å². The fourth-order valence-corrected chi connectivity index (χ4v) is 2.05. The zero-order valence-electron chi connectivity index (χ0n) is 11.3. The van der Waals surface area contributed by atoms with Gasteiger partial charge in [0.25, 0.3) is 5.91 Å². The molecule has 0 N–H and O–H groups in total. The van der Waals surface area contributed by atoms with E-state index in [4.69, 9.17) is 4.74 Å². The lowest BCUT2D eigenvalue weighted by Crippen LogP contribution is -2.48. The number of rotatable bonds is 4. The van der Waals surface area contributed by atoms with Crippen LogP contribution in [0.15, 0.2) is 18.2 Å². The summed E-state index contributed by atoms with van der Waals surface area (Å²) >= 11 is 0. The maximum atomic E-state index is 13.6. The van der Waals surface area contributed by atoms with Crippen LogP contribution in [0.4, 0.5) is 4.39 Å². The normalized spacial score (nSPS) is 16.0. The fraction of sp³-hybridized carbons (Fsp3) is 0.429. The summed E-state index contributed by atoms with van der Waals surface area (Å²) in [6.07, 6.45) is 0.513. The van der Waals surface area contributed by atoms with Crippen molar-refractivity contribution >= 4 is 12.2 Å². The predicted molar refractivity (Wildman–Crippen MR) is 71.4 cm³/mol. The number of carbonyl (C=O) groups excluding carboxylic acids is 2. The Bertz CT molecular complexity index is 499. The molecule has 0 spiro atoms. The number of hydrogen-bond donors (Lipinski definition) is 0. The third kappa shape index (κ3) is 3.33. The predicted octanol–water partition coefficient (Wildman–Crippen LogP) is 0.791. The quantitative estimate of drug-likeness (QED) is 0.765. The summed E-state index contributed by atoms with van der Waals surface area (Å²) in [4.78, 5) is 26.6. The fourth-order valence-electron chi connectivity index (χ4n) is 2.05. The lowest BCUT2D eigenvalue weighted by atomic mass is 10.2. The Balaban J connectivity index is 1.95. The Labute approximate surface area is 116 Å². The van der Waals surface area contributed by atoms with Crippen LogP contribution in [0, 0.1) is 5.82 Å².